The first-order valence-electron chi connectivity index (χ1n) is 6.24. The Bertz CT molecular complexity index is 625. The second kappa shape index (κ2) is 5.32. The van der Waals surface area contributed by atoms with E-state index < -0.39 is 5.82 Å². The van der Waals surface area contributed by atoms with E-state index >= 15 is 0 Å². The van der Waals surface area contributed by atoms with Crippen LogP contribution in [0.25, 0.3) is 0 Å². The smallest absolute Gasteiger partial charge is 0.156 e. The van der Waals surface area contributed by atoms with E-state index in [0.29, 0.717) is 23.4 Å². The summed E-state index contributed by atoms with van der Waals surface area (Å²) in [5, 5.41) is 0. The number of para-hydroxylation sites is 1. The Morgan fingerprint density at radius 2 is 2.15 bits per heavy atom. The molecule has 0 radical (unpaired) electrons. The van der Waals surface area contributed by atoms with Crippen LogP contribution in [0.3, 0.4) is 0 Å². The highest BCUT2D eigenvalue weighted by Gasteiger charge is 2.24. The van der Waals surface area contributed by atoms with Gasteiger partial charge in [0.25, 0.3) is 0 Å². The third-order valence-electron chi connectivity index (χ3n) is 3.26. The lowest BCUT2D eigenvalue weighted by molar-refractivity contribution is 0.248. The molecule has 1 unspecified atom stereocenters. The number of fused-ring (bicyclic) bond motifs is 1. The zero-order valence-electron chi connectivity index (χ0n) is 10.6. The first-order valence-corrected chi connectivity index (χ1v) is 7.03. The van der Waals surface area contributed by atoms with Gasteiger partial charge < -0.3 is 15.2 Å². The molecule has 2 aromatic carbocycles. The zero-order chi connectivity index (χ0) is 14.1. The first-order chi connectivity index (χ1) is 9.65. The van der Waals surface area contributed by atoms with Crippen LogP contribution < -0.4 is 15.2 Å². The number of anilines is 1. The van der Waals surface area contributed by atoms with Gasteiger partial charge in [-0.05, 0) is 28.1 Å². The molecule has 0 bridgehead atoms. The quantitative estimate of drug-likeness (QED) is 0.868. The third-order valence-corrected chi connectivity index (χ3v) is 3.85. The van der Waals surface area contributed by atoms with Crippen LogP contribution in [0.1, 0.15) is 11.5 Å². The number of hydrogen-bond acceptors (Lipinski definition) is 3. The molecule has 2 N–H and O–H groups in total. The topological polar surface area (TPSA) is 44.5 Å². The molecule has 1 aliphatic rings. The number of nitrogen functional groups attached to an aromatic ring is 1. The van der Waals surface area contributed by atoms with Crippen molar-refractivity contribution in [3.8, 4) is 11.5 Å². The highest BCUT2D eigenvalue weighted by atomic mass is 79.9. The molecule has 3 nitrogen and oxygen atoms in total. The van der Waals surface area contributed by atoms with Crippen molar-refractivity contribution >= 4 is 21.6 Å². The Morgan fingerprint density at radius 1 is 1.35 bits per heavy atom. The van der Waals surface area contributed by atoms with Gasteiger partial charge in [0.05, 0.1) is 29.3 Å². The Kier molecular flexibility index (Phi) is 3.53. The summed E-state index contributed by atoms with van der Waals surface area (Å²) in [7, 11) is 0. The Labute approximate surface area is 124 Å². The standard InChI is InChI=1S/C15H13BrFNO2/c16-12-5-10(17)6-13(18)15(12)20-8-9-7-19-14-4-2-1-3-11(9)14/h1-6,9H,7-8,18H2. The molecule has 20 heavy (non-hydrogen) atoms. The summed E-state index contributed by atoms with van der Waals surface area (Å²) >= 11 is 3.26. The van der Waals surface area contributed by atoms with Gasteiger partial charge in [-0.3, -0.25) is 0 Å². The SMILES string of the molecule is Nc1cc(F)cc(Br)c1OCC1COc2ccccc21. The summed E-state index contributed by atoms with van der Waals surface area (Å²) in [5.41, 5.74) is 7.19. The average molecular weight is 338 g/mol. The largest absolute Gasteiger partial charge is 0.493 e. The fourth-order valence-corrected chi connectivity index (χ4v) is 2.85. The average Bonchev–Trinajstić information content (AvgIpc) is 2.81. The van der Waals surface area contributed by atoms with Crippen LogP contribution in [-0.4, -0.2) is 13.2 Å². The normalized spacial score (nSPS) is 16.6. The molecular formula is C15H13BrFNO2. The lowest BCUT2D eigenvalue weighted by atomic mass is 10.0. The summed E-state index contributed by atoms with van der Waals surface area (Å²) in [5.74, 6) is 1.13. The van der Waals surface area contributed by atoms with E-state index in [4.69, 9.17) is 15.2 Å². The van der Waals surface area contributed by atoms with Gasteiger partial charge in [-0.25, -0.2) is 4.39 Å². The van der Waals surface area contributed by atoms with E-state index in [1.807, 2.05) is 24.3 Å². The summed E-state index contributed by atoms with van der Waals surface area (Å²) < 4.78 is 25.0. The maximum Gasteiger partial charge on any atom is 0.156 e. The van der Waals surface area contributed by atoms with Crippen molar-refractivity contribution in [1.29, 1.82) is 0 Å². The van der Waals surface area contributed by atoms with E-state index in [1.165, 1.54) is 12.1 Å². The van der Waals surface area contributed by atoms with Gasteiger partial charge in [0.15, 0.2) is 5.75 Å². The lowest BCUT2D eigenvalue weighted by Gasteiger charge is -2.14. The summed E-state index contributed by atoms with van der Waals surface area (Å²) in [6.45, 7) is 1.02. The van der Waals surface area contributed by atoms with Crippen molar-refractivity contribution in [1.82, 2.24) is 0 Å². The van der Waals surface area contributed by atoms with Crippen molar-refractivity contribution in [2.24, 2.45) is 0 Å². The molecule has 1 atom stereocenters. The van der Waals surface area contributed by atoms with Gasteiger partial charge in [0.1, 0.15) is 11.6 Å². The number of benzene rings is 2. The van der Waals surface area contributed by atoms with Gasteiger partial charge in [-0.2, -0.15) is 0 Å². The summed E-state index contributed by atoms with van der Waals surface area (Å²) in [4.78, 5) is 0. The molecule has 0 saturated carbocycles. The van der Waals surface area contributed by atoms with Crippen LogP contribution in [0.15, 0.2) is 40.9 Å². The van der Waals surface area contributed by atoms with Crippen molar-refractivity contribution < 1.29 is 13.9 Å². The molecule has 1 aliphatic heterocycles. The highest BCUT2D eigenvalue weighted by Crippen LogP contribution is 2.36. The van der Waals surface area contributed by atoms with E-state index in [1.54, 1.807) is 0 Å². The monoisotopic (exact) mass is 337 g/mol. The van der Waals surface area contributed by atoms with E-state index in [-0.39, 0.29) is 11.6 Å². The van der Waals surface area contributed by atoms with Crippen molar-refractivity contribution in [3.63, 3.8) is 0 Å². The molecule has 0 saturated heterocycles. The number of hydrogen-bond donors (Lipinski definition) is 1. The molecule has 104 valence electrons. The van der Waals surface area contributed by atoms with Crippen molar-refractivity contribution in [2.45, 2.75) is 5.92 Å². The number of ether oxygens (including phenoxy) is 2. The Hall–Kier alpha value is -1.75. The third kappa shape index (κ3) is 2.45. The molecule has 0 aromatic heterocycles. The predicted octanol–water partition coefficient (Wildman–Crippen LogP) is 3.73. The molecule has 0 aliphatic carbocycles. The minimum absolute atomic E-state index is 0.155. The van der Waals surface area contributed by atoms with E-state index in [2.05, 4.69) is 15.9 Å². The van der Waals surface area contributed by atoms with Crippen LogP contribution >= 0.6 is 15.9 Å². The number of nitrogens with two attached hydrogens (primary N) is 1. The first kappa shape index (κ1) is 13.2. The Balaban J connectivity index is 1.76. The predicted molar refractivity (Wildman–Crippen MR) is 78.7 cm³/mol. The maximum absolute atomic E-state index is 13.2. The molecular weight excluding hydrogens is 325 g/mol. The van der Waals surface area contributed by atoms with Gasteiger partial charge in [-0.1, -0.05) is 18.2 Å². The molecule has 3 rings (SSSR count). The van der Waals surface area contributed by atoms with Gasteiger partial charge in [-0.15, -0.1) is 0 Å². The Morgan fingerprint density at radius 3 is 2.95 bits per heavy atom. The molecule has 1 heterocycles. The van der Waals surface area contributed by atoms with Crippen LogP contribution in [-0.2, 0) is 0 Å². The second-order valence-corrected chi connectivity index (χ2v) is 5.52. The van der Waals surface area contributed by atoms with Gasteiger partial charge in [0.2, 0.25) is 0 Å². The molecule has 0 spiro atoms. The molecule has 2 aromatic rings. The number of halogens is 2. The summed E-state index contributed by atoms with van der Waals surface area (Å²) in [6, 6.07) is 10.5. The minimum Gasteiger partial charge on any atom is -0.493 e. The lowest BCUT2D eigenvalue weighted by Crippen LogP contribution is -2.12. The second-order valence-electron chi connectivity index (χ2n) is 4.66. The van der Waals surface area contributed by atoms with E-state index in [9.17, 15) is 4.39 Å². The minimum atomic E-state index is -0.392. The highest BCUT2D eigenvalue weighted by molar-refractivity contribution is 9.10. The fourth-order valence-electron chi connectivity index (χ4n) is 2.28. The molecule has 0 fully saturated rings. The van der Waals surface area contributed by atoms with Crippen LogP contribution in [0.5, 0.6) is 11.5 Å². The van der Waals surface area contributed by atoms with E-state index in [0.717, 1.165) is 11.3 Å². The number of rotatable bonds is 3. The van der Waals surface area contributed by atoms with Crippen molar-refractivity contribution in [2.75, 3.05) is 18.9 Å². The van der Waals surface area contributed by atoms with Crippen LogP contribution in [0.4, 0.5) is 10.1 Å². The van der Waals surface area contributed by atoms with Gasteiger partial charge in [0, 0.05) is 11.6 Å². The molecule has 5 heteroatoms. The fraction of sp³-hybridized carbons (Fsp3) is 0.200. The zero-order valence-corrected chi connectivity index (χ0v) is 12.2. The van der Waals surface area contributed by atoms with Crippen LogP contribution in [0, 0.1) is 5.82 Å². The maximum atomic E-state index is 13.2. The van der Waals surface area contributed by atoms with Gasteiger partial charge >= 0.3 is 0 Å². The molecule has 0 amide bonds. The van der Waals surface area contributed by atoms with Crippen molar-refractivity contribution in [3.05, 3.63) is 52.3 Å². The van der Waals surface area contributed by atoms with Crippen LogP contribution in [0.2, 0.25) is 0 Å². The summed E-state index contributed by atoms with van der Waals surface area (Å²) in [6.07, 6.45) is 0.